The van der Waals surface area contributed by atoms with Crippen molar-refractivity contribution in [1.29, 1.82) is 0 Å². The number of carbonyl (C=O) groups is 1. The van der Waals surface area contributed by atoms with Gasteiger partial charge in [0, 0.05) is 37.6 Å². The van der Waals surface area contributed by atoms with Crippen LogP contribution in [0.25, 0.3) is 5.65 Å². The molecule has 0 spiro atoms. The van der Waals surface area contributed by atoms with Crippen LogP contribution in [0.4, 0.5) is 22.1 Å². The van der Waals surface area contributed by atoms with Gasteiger partial charge in [0.1, 0.15) is 5.82 Å². The Hall–Kier alpha value is -3.76. The highest BCUT2D eigenvalue weighted by atomic mass is 16.5. The number of piperidine rings is 1. The van der Waals surface area contributed by atoms with Gasteiger partial charge in [-0.1, -0.05) is 0 Å². The summed E-state index contributed by atoms with van der Waals surface area (Å²) >= 11 is 0. The van der Waals surface area contributed by atoms with Gasteiger partial charge in [-0.05, 0) is 25.0 Å². The summed E-state index contributed by atoms with van der Waals surface area (Å²) in [6, 6.07) is 5.31. The number of carboxylic acid groups (broad SMARTS) is 1. The fourth-order valence-electron chi connectivity index (χ4n) is 3.56. The minimum atomic E-state index is -1.01. The van der Waals surface area contributed by atoms with Crippen molar-refractivity contribution < 1.29 is 19.4 Å². The highest BCUT2D eigenvalue weighted by Gasteiger charge is 2.23. The summed E-state index contributed by atoms with van der Waals surface area (Å²) in [7, 11) is 3.09. The van der Waals surface area contributed by atoms with E-state index in [2.05, 4.69) is 30.6 Å². The first kappa shape index (κ1) is 19.6. The van der Waals surface area contributed by atoms with Crippen molar-refractivity contribution in [2.45, 2.75) is 18.9 Å². The molecule has 0 saturated carbocycles. The molecule has 0 aromatic carbocycles. The number of fused-ring (bicyclic) bond motifs is 1. The van der Waals surface area contributed by atoms with Crippen LogP contribution >= 0.6 is 0 Å². The number of ether oxygens (including phenoxy) is 2. The molecule has 1 unspecified atom stereocenters. The number of aromatic nitrogens is 4. The van der Waals surface area contributed by atoms with Gasteiger partial charge in [0.2, 0.25) is 0 Å². The second kappa shape index (κ2) is 8.31. The molecule has 1 saturated heterocycles. The highest BCUT2D eigenvalue weighted by molar-refractivity contribution is 5.75. The maximum atomic E-state index is 11.0. The smallest absolute Gasteiger partial charge is 0.404 e. The topological polar surface area (TPSA) is 126 Å². The molecule has 4 heterocycles. The molecule has 3 aromatic heterocycles. The quantitative estimate of drug-likeness (QED) is 0.557. The SMILES string of the molecule is COc1ccc(Nc2cc(N3CCCC(NC(=O)O)C3)nn3ccnc23)nc1OC. The van der Waals surface area contributed by atoms with Crippen LogP contribution in [0.5, 0.6) is 11.6 Å². The molecule has 1 atom stereocenters. The lowest BCUT2D eigenvalue weighted by Crippen LogP contribution is -2.47. The van der Waals surface area contributed by atoms with E-state index in [-0.39, 0.29) is 6.04 Å². The first-order chi connectivity index (χ1) is 14.6. The number of methoxy groups -OCH3 is 2. The Morgan fingerprint density at radius 1 is 1.30 bits per heavy atom. The number of hydrogen-bond donors (Lipinski definition) is 3. The van der Waals surface area contributed by atoms with E-state index in [0.717, 1.165) is 30.9 Å². The predicted octanol–water partition coefficient (Wildman–Crippen LogP) is 2.12. The molecule has 3 N–H and O–H groups in total. The van der Waals surface area contributed by atoms with Crippen LogP contribution < -0.4 is 25.0 Å². The standard InChI is InChI=1S/C19H23N7O4/c1-29-14-5-6-15(23-18(14)30-2)22-13-10-16(24-26-9-7-20-17(13)26)25-8-3-4-12(11-25)21-19(27)28/h5-7,9-10,12,21H,3-4,8,11H2,1-2H3,(H,22,23)(H,27,28). The lowest BCUT2D eigenvalue weighted by molar-refractivity contribution is 0.188. The third-order valence-corrected chi connectivity index (χ3v) is 4.92. The molecule has 30 heavy (non-hydrogen) atoms. The van der Waals surface area contributed by atoms with Gasteiger partial charge in [-0.2, -0.15) is 4.98 Å². The number of nitrogens with zero attached hydrogens (tertiary/aromatic N) is 5. The molecule has 0 radical (unpaired) electrons. The fourth-order valence-corrected chi connectivity index (χ4v) is 3.56. The second-order valence-corrected chi connectivity index (χ2v) is 6.88. The largest absolute Gasteiger partial charge is 0.491 e. The molecule has 3 aromatic rings. The van der Waals surface area contributed by atoms with Gasteiger partial charge in [-0.25, -0.2) is 14.3 Å². The highest BCUT2D eigenvalue weighted by Crippen LogP contribution is 2.30. The molecule has 0 aliphatic carbocycles. The molecule has 1 aliphatic rings. The van der Waals surface area contributed by atoms with Crippen LogP contribution in [0.2, 0.25) is 0 Å². The Labute approximate surface area is 172 Å². The zero-order chi connectivity index (χ0) is 21.1. The number of imidazole rings is 1. The number of nitrogens with one attached hydrogen (secondary N) is 2. The van der Waals surface area contributed by atoms with Crippen LogP contribution in [0, 0.1) is 0 Å². The van der Waals surface area contributed by atoms with Crippen molar-refractivity contribution in [2.24, 2.45) is 0 Å². The summed E-state index contributed by atoms with van der Waals surface area (Å²) in [5.74, 6) is 2.20. The normalized spacial score (nSPS) is 16.3. The summed E-state index contributed by atoms with van der Waals surface area (Å²) in [5.41, 5.74) is 1.37. The lowest BCUT2D eigenvalue weighted by Gasteiger charge is -2.33. The average Bonchev–Trinajstić information content (AvgIpc) is 3.22. The van der Waals surface area contributed by atoms with E-state index in [1.54, 1.807) is 36.2 Å². The first-order valence-corrected chi connectivity index (χ1v) is 9.52. The molecule has 1 aliphatic heterocycles. The zero-order valence-corrected chi connectivity index (χ0v) is 16.7. The molecular formula is C19H23N7O4. The summed E-state index contributed by atoms with van der Waals surface area (Å²) in [4.78, 5) is 21.9. The van der Waals surface area contributed by atoms with Gasteiger partial charge in [0.05, 0.1) is 19.9 Å². The Bertz CT molecular complexity index is 1050. The third-order valence-electron chi connectivity index (χ3n) is 4.92. The molecule has 11 nitrogen and oxygen atoms in total. The predicted molar refractivity (Wildman–Crippen MR) is 110 cm³/mol. The Balaban J connectivity index is 1.64. The van der Waals surface area contributed by atoms with E-state index in [0.29, 0.717) is 29.6 Å². The average molecular weight is 413 g/mol. The summed E-state index contributed by atoms with van der Waals surface area (Å²) in [6.07, 6.45) is 4.10. The van der Waals surface area contributed by atoms with E-state index >= 15 is 0 Å². The number of hydrogen-bond acceptors (Lipinski definition) is 8. The van der Waals surface area contributed by atoms with Gasteiger partial charge in [-0.15, -0.1) is 5.10 Å². The van der Waals surface area contributed by atoms with Crippen LogP contribution in [0.3, 0.4) is 0 Å². The number of anilines is 3. The Morgan fingerprint density at radius 3 is 2.93 bits per heavy atom. The monoisotopic (exact) mass is 413 g/mol. The first-order valence-electron chi connectivity index (χ1n) is 9.52. The fraction of sp³-hybridized carbons (Fsp3) is 0.368. The molecule has 158 valence electrons. The van der Waals surface area contributed by atoms with Crippen LogP contribution in [0.15, 0.2) is 30.6 Å². The van der Waals surface area contributed by atoms with E-state index in [4.69, 9.17) is 14.6 Å². The minimum Gasteiger partial charge on any atom is -0.491 e. The third kappa shape index (κ3) is 4.00. The molecule has 0 bridgehead atoms. The Kier molecular flexibility index (Phi) is 5.42. The van der Waals surface area contributed by atoms with E-state index in [1.165, 1.54) is 7.11 Å². The van der Waals surface area contributed by atoms with Crippen molar-refractivity contribution in [3.05, 3.63) is 30.6 Å². The van der Waals surface area contributed by atoms with Gasteiger partial charge in [0.15, 0.2) is 17.2 Å². The van der Waals surface area contributed by atoms with Gasteiger partial charge < -0.3 is 30.1 Å². The van der Waals surface area contributed by atoms with Crippen molar-refractivity contribution in [1.82, 2.24) is 24.9 Å². The van der Waals surface area contributed by atoms with Gasteiger partial charge in [0.25, 0.3) is 5.88 Å². The van der Waals surface area contributed by atoms with Crippen LogP contribution in [0.1, 0.15) is 12.8 Å². The minimum absolute atomic E-state index is 0.138. The van der Waals surface area contributed by atoms with Crippen LogP contribution in [-0.4, -0.2) is 64.1 Å². The number of pyridine rings is 1. The Morgan fingerprint density at radius 2 is 2.17 bits per heavy atom. The molecule has 4 rings (SSSR count). The lowest BCUT2D eigenvalue weighted by atomic mass is 10.1. The number of rotatable bonds is 6. The van der Waals surface area contributed by atoms with E-state index < -0.39 is 6.09 Å². The van der Waals surface area contributed by atoms with Crippen molar-refractivity contribution >= 4 is 29.1 Å². The summed E-state index contributed by atoms with van der Waals surface area (Å²) in [5, 5.41) is 19.5. The molecular weight excluding hydrogens is 390 g/mol. The maximum absolute atomic E-state index is 11.0. The summed E-state index contributed by atoms with van der Waals surface area (Å²) in [6.45, 7) is 1.34. The molecule has 1 fully saturated rings. The number of amides is 1. The van der Waals surface area contributed by atoms with Gasteiger partial charge >= 0.3 is 6.09 Å². The van der Waals surface area contributed by atoms with Gasteiger partial charge in [-0.3, -0.25) is 0 Å². The van der Waals surface area contributed by atoms with E-state index in [1.807, 2.05) is 6.07 Å². The molecule has 1 amide bonds. The summed E-state index contributed by atoms with van der Waals surface area (Å²) < 4.78 is 12.2. The van der Waals surface area contributed by atoms with Crippen molar-refractivity contribution in [3.8, 4) is 11.6 Å². The van der Waals surface area contributed by atoms with Crippen LogP contribution in [-0.2, 0) is 0 Å². The molecule has 11 heteroatoms. The van der Waals surface area contributed by atoms with E-state index in [9.17, 15) is 4.79 Å². The zero-order valence-electron chi connectivity index (χ0n) is 16.7. The van der Waals surface area contributed by atoms with Crippen molar-refractivity contribution in [2.75, 3.05) is 37.5 Å². The van der Waals surface area contributed by atoms with Crippen molar-refractivity contribution in [3.63, 3.8) is 0 Å². The maximum Gasteiger partial charge on any atom is 0.404 e. The second-order valence-electron chi connectivity index (χ2n) is 6.88.